The summed E-state index contributed by atoms with van der Waals surface area (Å²) < 4.78 is 9.89. The molecule has 0 aliphatic heterocycles. The zero-order valence-corrected chi connectivity index (χ0v) is 16.7. The van der Waals surface area contributed by atoms with E-state index < -0.39 is 24.5 Å². The van der Waals surface area contributed by atoms with E-state index in [1.54, 1.807) is 0 Å². The number of urea groups is 1. The monoisotopic (exact) mass is 416 g/mol. The van der Waals surface area contributed by atoms with Crippen LogP contribution in [0.4, 0.5) is 4.79 Å². The molecule has 9 heteroatoms. The van der Waals surface area contributed by atoms with Crippen LogP contribution in [0.25, 0.3) is 0 Å². The minimum Gasteiger partial charge on any atom is -0.494 e. The van der Waals surface area contributed by atoms with E-state index in [4.69, 9.17) is 32.7 Å². The van der Waals surface area contributed by atoms with Gasteiger partial charge in [-0.05, 0) is 30.9 Å². The van der Waals surface area contributed by atoms with Gasteiger partial charge in [-0.1, -0.05) is 43.0 Å². The molecule has 2 rings (SSSR count). The molecule has 148 valence electrons. The molecule has 1 aliphatic carbocycles. The number of imide groups is 1. The molecule has 0 radical (unpaired) electrons. The first kappa shape index (κ1) is 21.3. The third-order valence-electron chi connectivity index (χ3n) is 4.45. The minimum atomic E-state index is -0.794. The van der Waals surface area contributed by atoms with Crippen molar-refractivity contribution < 1.29 is 23.9 Å². The van der Waals surface area contributed by atoms with Gasteiger partial charge in [0.15, 0.2) is 12.4 Å². The van der Waals surface area contributed by atoms with Crippen molar-refractivity contribution in [1.29, 1.82) is 0 Å². The fourth-order valence-electron chi connectivity index (χ4n) is 2.99. The number of rotatable bonds is 5. The van der Waals surface area contributed by atoms with Crippen molar-refractivity contribution in [2.24, 2.45) is 5.92 Å². The summed E-state index contributed by atoms with van der Waals surface area (Å²) in [5, 5.41) is 5.23. The van der Waals surface area contributed by atoms with Gasteiger partial charge < -0.3 is 14.8 Å². The van der Waals surface area contributed by atoms with Gasteiger partial charge in [-0.15, -0.1) is 0 Å². The van der Waals surface area contributed by atoms with Gasteiger partial charge in [0.1, 0.15) is 0 Å². The summed E-state index contributed by atoms with van der Waals surface area (Å²) in [6, 6.07) is 2.09. The molecule has 0 unspecified atom stereocenters. The zero-order valence-electron chi connectivity index (χ0n) is 15.1. The van der Waals surface area contributed by atoms with E-state index in [0.29, 0.717) is 5.92 Å². The van der Waals surface area contributed by atoms with E-state index in [2.05, 4.69) is 17.6 Å². The van der Waals surface area contributed by atoms with Gasteiger partial charge in [0.05, 0.1) is 22.7 Å². The molecule has 0 heterocycles. The Labute approximate surface area is 167 Å². The predicted octanol–water partition coefficient (Wildman–Crippen LogP) is 3.56. The topological polar surface area (TPSA) is 93.7 Å². The number of methoxy groups -OCH3 is 1. The summed E-state index contributed by atoms with van der Waals surface area (Å²) >= 11 is 11.9. The normalized spacial score (nSPS) is 19.1. The van der Waals surface area contributed by atoms with Crippen LogP contribution in [0.1, 0.15) is 43.0 Å². The van der Waals surface area contributed by atoms with Gasteiger partial charge in [-0.25, -0.2) is 9.59 Å². The summed E-state index contributed by atoms with van der Waals surface area (Å²) in [5.74, 6) is -0.920. The second-order valence-corrected chi connectivity index (χ2v) is 7.25. The van der Waals surface area contributed by atoms with E-state index in [9.17, 15) is 14.4 Å². The van der Waals surface area contributed by atoms with Crippen LogP contribution in [-0.2, 0) is 9.53 Å². The van der Waals surface area contributed by atoms with Crippen LogP contribution in [0.3, 0.4) is 0 Å². The molecule has 2 N–H and O–H groups in total. The summed E-state index contributed by atoms with van der Waals surface area (Å²) in [4.78, 5) is 35.8. The first-order chi connectivity index (χ1) is 12.8. The van der Waals surface area contributed by atoms with Gasteiger partial charge in [-0.2, -0.15) is 0 Å². The molecule has 0 aromatic heterocycles. The van der Waals surface area contributed by atoms with Crippen molar-refractivity contribution in [2.45, 2.75) is 38.6 Å². The van der Waals surface area contributed by atoms with Gasteiger partial charge >= 0.3 is 12.0 Å². The highest BCUT2D eigenvalue weighted by Gasteiger charge is 2.23. The lowest BCUT2D eigenvalue weighted by Crippen LogP contribution is -2.48. The largest absolute Gasteiger partial charge is 0.494 e. The van der Waals surface area contributed by atoms with Crippen molar-refractivity contribution in [3.63, 3.8) is 0 Å². The average molecular weight is 417 g/mol. The molecule has 27 heavy (non-hydrogen) atoms. The van der Waals surface area contributed by atoms with Crippen LogP contribution in [0, 0.1) is 5.92 Å². The molecule has 0 bridgehead atoms. The van der Waals surface area contributed by atoms with Gasteiger partial charge in [0.25, 0.3) is 5.91 Å². The first-order valence-corrected chi connectivity index (χ1v) is 9.38. The molecular weight excluding hydrogens is 395 g/mol. The first-order valence-electron chi connectivity index (χ1n) is 8.62. The lowest BCUT2D eigenvalue weighted by molar-refractivity contribution is -0.123. The van der Waals surface area contributed by atoms with Crippen LogP contribution in [0.2, 0.25) is 10.0 Å². The molecular formula is C18H22Cl2N2O5. The summed E-state index contributed by atoms with van der Waals surface area (Å²) in [5.41, 5.74) is 0.0686. The maximum atomic E-state index is 12.0. The Kier molecular flexibility index (Phi) is 7.74. The molecule has 1 aliphatic rings. The zero-order chi connectivity index (χ0) is 20.0. The third-order valence-corrected chi connectivity index (χ3v) is 5.01. The van der Waals surface area contributed by atoms with E-state index in [1.807, 2.05) is 0 Å². The molecule has 1 fully saturated rings. The second-order valence-electron chi connectivity index (χ2n) is 6.44. The van der Waals surface area contributed by atoms with E-state index in [0.717, 1.165) is 25.7 Å². The molecule has 2 atom stereocenters. The average Bonchev–Trinajstić information content (AvgIpc) is 2.61. The van der Waals surface area contributed by atoms with Gasteiger partial charge in [0.2, 0.25) is 0 Å². The van der Waals surface area contributed by atoms with E-state index in [-0.39, 0.29) is 27.4 Å². The Bertz CT molecular complexity index is 703. The maximum absolute atomic E-state index is 12.0. The van der Waals surface area contributed by atoms with Crippen LogP contribution >= 0.6 is 23.2 Å². The highest BCUT2D eigenvalue weighted by atomic mass is 35.5. The van der Waals surface area contributed by atoms with Crippen molar-refractivity contribution >= 4 is 41.1 Å². The third kappa shape index (κ3) is 6.01. The predicted molar refractivity (Wildman–Crippen MR) is 101 cm³/mol. The highest BCUT2D eigenvalue weighted by molar-refractivity contribution is 6.37. The van der Waals surface area contributed by atoms with E-state index >= 15 is 0 Å². The SMILES string of the molecule is COc1c(Cl)cc(C(=O)OCC(=O)NC(=O)N[C@@H]2CCCC[C@@H]2C)cc1Cl. The fourth-order valence-corrected chi connectivity index (χ4v) is 3.63. The van der Waals surface area contributed by atoms with Gasteiger partial charge in [0, 0.05) is 6.04 Å². The highest BCUT2D eigenvalue weighted by Crippen LogP contribution is 2.34. The Morgan fingerprint density at radius 1 is 1.15 bits per heavy atom. The van der Waals surface area contributed by atoms with Crippen LogP contribution in [0.5, 0.6) is 5.75 Å². The van der Waals surface area contributed by atoms with E-state index in [1.165, 1.54) is 19.2 Å². The summed E-state index contributed by atoms with van der Waals surface area (Å²) in [6.45, 7) is 1.46. The number of hydrogen-bond donors (Lipinski definition) is 2. The van der Waals surface area contributed by atoms with Gasteiger partial charge in [-0.3, -0.25) is 10.1 Å². The van der Waals surface area contributed by atoms with Crippen LogP contribution < -0.4 is 15.4 Å². The van der Waals surface area contributed by atoms with Crippen LogP contribution in [0.15, 0.2) is 12.1 Å². The van der Waals surface area contributed by atoms with Crippen molar-refractivity contribution in [3.8, 4) is 5.75 Å². The van der Waals surface area contributed by atoms with Crippen LogP contribution in [-0.4, -0.2) is 37.7 Å². The number of amides is 3. The summed E-state index contributed by atoms with van der Waals surface area (Å²) in [6.07, 6.45) is 4.13. The Morgan fingerprint density at radius 3 is 2.37 bits per heavy atom. The fraction of sp³-hybridized carbons (Fsp3) is 0.500. The molecule has 0 spiro atoms. The number of hydrogen-bond acceptors (Lipinski definition) is 5. The number of ether oxygens (including phenoxy) is 2. The Balaban J connectivity index is 1.82. The molecule has 1 aromatic rings. The van der Waals surface area contributed by atoms with Crippen molar-refractivity contribution in [3.05, 3.63) is 27.7 Å². The lowest BCUT2D eigenvalue weighted by Gasteiger charge is -2.29. The second kappa shape index (κ2) is 9.80. The quantitative estimate of drug-likeness (QED) is 0.715. The molecule has 1 aromatic carbocycles. The molecule has 1 saturated carbocycles. The number of carbonyl (C=O) groups excluding carboxylic acids is 3. The molecule has 0 saturated heterocycles. The van der Waals surface area contributed by atoms with Crippen molar-refractivity contribution in [1.82, 2.24) is 10.6 Å². The number of nitrogens with one attached hydrogen (secondary N) is 2. The summed E-state index contributed by atoms with van der Waals surface area (Å²) in [7, 11) is 1.40. The van der Waals surface area contributed by atoms with Crippen molar-refractivity contribution in [2.75, 3.05) is 13.7 Å². The number of benzene rings is 1. The number of esters is 1. The Morgan fingerprint density at radius 2 is 1.78 bits per heavy atom. The maximum Gasteiger partial charge on any atom is 0.338 e. The smallest absolute Gasteiger partial charge is 0.338 e. The standard InChI is InChI=1S/C18H22Cl2N2O5/c1-10-5-3-4-6-14(10)21-18(25)22-15(23)9-27-17(24)11-7-12(19)16(26-2)13(20)8-11/h7-8,10,14H,3-6,9H2,1-2H3,(H2,21,22,23,25)/t10-,14+/m0/s1. The number of carbonyl (C=O) groups is 3. The minimum absolute atomic E-state index is 0.0395. The Hall–Kier alpha value is -1.99. The lowest BCUT2D eigenvalue weighted by atomic mass is 9.86. The number of halogens is 2. The molecule has 7 nitrogen and oxygen atoms in total. The molecule has 3 amide bonds.